The third-order valence-corrected chi connectivity index (χ3v) is 8.89. The van der Waals surface area contributed by atoms with Crippen LogP contribution in [0, 0.1) is 17.5 Å². The van der Waals surface area contributed by atoms with Gasteiger partial charge in [-0.3, -0.25) is 4.79 Å². The van der Waals surface area contributed by atoms with Crippen LogP contribution in [-0.2, 0) is 17.6 Å². The second-order valence-electron chi connectivity index (χ2n) is 11.6. The molecular formula is C34H35ClF3N3O2. The molecule has 1 aliphatic carbocycles. The average molecular weight is 610 g/mol. The molecule has 3 aromatic carbocycles. The van der Waals surface area contributed by atoms with E-state index in [1.807, 2.05) is 41.3 Å². The van der Waals surface area contributed by atoms with Gasteiger partial charge in [-0.25, -0.2) is 8.78 Å². The van der Waals surface area contributed by atoms with Gasteiger partial charge < -0.3 is 20.3 Å². The van der Waals surface area contributed by atoms with Crippen LogP contribution in [0.15, 0.2) is 66.2 Å². The van der Waals surface area contributed by atoms with Crippen LogP contribution in [-0.4, -0.2) is 55.2 Å². The summed E-state index contributed by atoms with van der Waals surface area (Å²) in [4.78, 5) is 16.3. The summed E-state index contributed by atoms with van der Waals surface area (Å²) in [5, 5.41) is 7.89. The minimum Gasteiger partial charge on any atom is -0.488 e. The molecule has 2 bridgehead atoms. The molecule has 2 heterocycles. The number of carbonyl (C=O) groups excluding carboxylic acids is 1. The first-order valence-corrected chi connectivity index (χ1v) is 15.4. The molecule has 0 aromatic heterocycles. The van der Waals surface area contributed by atoms with Crippen molar-refractivity contribution in [1.82, 2.24) is 15.5 Å². The van der Waals surface area contributed by atoms with Crippen molar-refractivity contribution in [2.75, 3.05) is 26.2 Å². The van der Waals surface area contributed by atoms with Gasteiger partial charge >= 0.3 is 0 Å². The molecule has 1 saturated heterocycles. The standard InChI is InChI=1S/C34H35ClF3N3O2/c35-27-6-2-1-5-23(27)15-16-41(25-11-12-25)34(42)31-26(18-24-19-39-20-30(31)40-24)22-9-7-21(8-10-22)4-3-17-43-33-29(37)14-13-28(36)32(33)38/h1-2,5-10,13-14,24-25,30,39-40H,3-4,11-12,15-20H2/t24-,30-/m1/s1. The monoisotopic (exact) mass is 609 g/mol. The number of nitrogens with one attached hydrogen (secondary N) is 2. The first-order chi connectivity index (χ1) is 20.9. The van der Waals surface area contributed by atoms with Gasteiger partial charge in [0.2, 0.25) is 5.82 Å². The van der Waals surface area contributed by atoms with Gasteiger partial charge in [-0.2, -0.15) is 4.39 Å². The Morgan fingerprint density at radius 2 is 1.72 bits per heavy atom. The van der Waals surface area contributed by atoms with E-state index in [9.17, 15) is 18.0 Å². The van der Waals surface area contributed by atoms with E-state index in [4.69, 9.17) is 16.3 Å². The number of ether oxygens (including phenoxy) is 1. The summed E-state index contributed by atoms with van der Waals surface area (Å²) in [7, 11) is 0. The van der Waals surface area contributed by atoms with Gasteiger partial charge in [0.15, 0.2) is 17.4 Å². The summed E-state index contributed by atoms with van der Waals surface area (Å²) in [6.07, 6.45) is 4.63. The number of hydrogen-bond donors (Lipinski definition) is 2. The minimum atomic E-state index is -1.31. The zero-order chi connectivity index (χ0) is 29.9. The molecule has 1 amide bonds. The average Bonchev–Trinajstić information content (AvgIpc) is 3.85. The summed E-state index contributed by atoms with van der Waals surface area (Å²) in [5.74, 6) is -3.96. The third-order valence-electron chi connectivity index (χ3n) is 8.52. The minimum absolute atomic E-state index is 0.0517. The van der Waals surface area contributed by atoms with Crippen molar-refractivity contribution < 1.29 is 22.7 Å². The highest BCUT2D eigenvalue weighted by Gasteiger charge is 2.40. The number of rotatable bonds is 11. The molecule has 6 rings (SSSR count). The first-order valence-electron chi connectivity index (χ1n) is 15.0. The Kier molecular flexibility index (Phi) is 9.07. The molecule has 9 heteroatoms. The van der Waals surface area contributed by atoms with Gasteiger partial charge in [-0.15, -0.1) is 0 Å². The van der Waals surface area contributed by atoms with Gasteiger partial charge in [-0.1, -0.05) is 54.1 Å². The number of carbonyl (C=O) groups is 1. The molecule has 5 nitrogen and oxygen atoms in total. The van der Waals surface area contributed by atoms with Crippen LogP contribution >= 0.6 is 11.6 Å². The Labute approximate surface area is 255 Å². The maximum atomic E-state index is 14.3. The summed E-state index contributed by atoms with van der Waals surface area (Å²) in [5.41, 5.74) is 5.05. The fourth-order valence-corrected chi connectivity index (χ4v) is 6.37. The van der Waals surface area contributed by atoms with E-state index in [-0.39, 0.29) is 30.6 Å². The molecule has 2 N–H and O–H groups in total. The van der Waals surface area contributed by atoms with Crippen LogP contribution < -0.4 is 15.4 Å². The van der Waals surface area contributed by atoms with E-state index >= 15 is 0 Å². The molecule has 3 aliphatic rings. The lowest BCUT2D eigenvalue weighted by Gasteiger charge is -2.41. The van der Waals surface area contributed by atoms with E-state index in [2.05, 4.69) is 22.8 Å². The molecule has 0 spiro atoms. The van der Waals surface area contributed by atoms with Crippen molar-refractivity contribution in [1.29, 1.82) is 0 Å². The van der Waals surface area contributed by atoms with Gasteiger partial charge in [0, 0.05) is 42.3 Å². The second-order valence-corrected chi connectivity index (χ2v) is 12.0. The zero-order valence-electron chi connectivity index (χ0n) is 23.9. The maximum absolute atomic E-state index is 14.3. The zero-order valence-corrected chi connectivity index (χ0v) is 24.6. The third kappa shape index (κ3) is 6.77. The number of hydrogen-bond acceptors (Lipinski definition) is 4. The molecule has 0 radical (unpaired) electrons. The molecule has 226 valence electrons. The fourth-order valence-electron chi connectivity index (χ4n) is 6.14. The van der Waals surface area contributed by atoms with Crippen LogP contribution in [0.2, 0.25) is 5.02 Å². The smallest absolute Gasteiger partial charge is 0.251 e. The van der Waals surface area contributed by atoms with Crippen molar-refractivity contribution in [2.24, 2.45) is 0 Å². The van der Waals surface area contributed by atoms with E-state index in [0.717, 1.165) is 70.8 Å². The van der Waals surface area contributed by atoms with Crippen LogP contribution in [0.3, 0.4) is 0 Å². The van der Waals surface area contributed by atoms with Gasteiger partial charge in [0.05, 0.1) is 12.6 Å². The molecular weight excluding hydrogens is 575 g/mol. The van der Waals surface area contributed by atoms with Crippen molar-refractivity contribution >= 4 is 23.1 Å². The number of halogens is 4. The summed E-state index contributed by atoms with van der Waals surface area (Å²) in [6.45, 7) is 2.23. The first kappa shape index (κ1) is 29.7. The number of benzene rings is 3. The van der Waals surface area contributed by atoms with E-state index in [1.165, 1.54) is 0 Å². The Hall–Kier alpha value is -3.33. The number of piperazine rings is 1. The molecule has 2 atom stereocenters. The number of amides is 1. The predicted octanol–water partition coefficient (Wildman–Crippen LogP) is 6.09. The Balaban J connectivity index is 1.17. The van der Waals surface area contributed by atoms with Crippen molar-refractivity contribution in [3.63, 3.8) is 0 Å². The van der Waals surface area contributed by atoms with Crippen LogP contribution in [0.1, 0.15) is 42.4 Å². The molecule has 43 heavy (non-hydrogen) atoms. The van der Waals surface area contributed by atoms with Gasteiger partial charge in [0.1, 0.15) is 0 Å². The van der Waals surface area contributed by atoms with Crippen molar-refractivity contribution in [2.45, 2.75) is 56.7 Å². The van der Waals surface area contributed by atoms with Gasteiger partial charge in [-0.05, 0) is 79.0 Å². The topological polar surface area (TPSA) is 53.6 Å². The molecule has 1 saturated carbocycles. The molecule has 2 aliphatic heterocycles. The SMILES string of the molecule is O=C(C1=C(c2ccc(CCCOc3c(F)ccc(F)c3F)cc2)C[C@@H]2CNC[C@H]1N2)N(CCc1ccccc1Cl)C1CC1. The van der Waals surface area contributed by atoms with Crippen molar-refractivity contribution in [3.8, 4) is 5.75 Å². The lowest BCUT2D eigenvalue weighted by atomic mass is 9.83. The van der Waals surface area contributed by atoms with Crippen LogP contribution in [0.4, 0.5) is 13.2 Å². The van der Waals surface area contributed by atoms with E-state index < -0.39 is 23.2 Å². The maximum Gasteiger partial charge on any atom is 0.251 e. The molecule has 0 unspecified atom stereocenters. The Morgan fingerprint density at radius 3 is 2.49 bits per heavy atom. The highest BCUT2D eigenvalue weighted by atomic mass is 35.5. The summed E-state index contributed by atoms with van der Waals surface area (Å²) < 4.78 is 46.3. The Bertz CT molecular complexity index is 1510. The number of nitrogens with zero attached hydrogens (tertiary/aromatic N) is 1. The number of fused-ring (bicyclic) bond motifs is 2. The highest BCUT2D eigenvalue weighted by molar-refractivity contribution is 6.31. The normalized spacial score (nSPS) is 19.8. The lowest BCUT2D eigenvalue weighted by Crippen LogP contribution is -2.60. The van der Waals surface area contributed by atoms with Crippen LogP contribution in [0.25, 0.3) is 5.57 Å². The van der Waals surface area contributed by atoms with E-state index in [1.54, 1.807) is 0 Å². The second kappa shape index (κ2) is 13.1. The molecule has 3 aromatic rings. The fraction of sp³-hybridized carbons (Fsp3) is 0.382. The largest absolute Gasteiger partial charge is 0.488 e. The lowest BCUT2D eigenvalue weighted by molar-refractivity contribution is -0.128. The molecule has 2 fully saturated rings. The van der Waals surface area contributed by atoms with Crippen molar-refractivity contribution in [3.05, 3.63) is 105 Å². The highest BCUT2D eigenvalue weighted by Crippen LogP contribution is 2.36. The Morgan fingerprint density at radius 1 is 0.953 bits per heavy atom. The van der Waals surface area contributed by atoms with Crippen LogP contribution in [0.5, 0.6) is 5.75 Å². The summed E-state index contributed by atoms with van der Waals surface area (Å²) >= 11 is 6.42. The van der Waals surface area contributed by atoms with Gasteiger partial charge in [0.25, 0.3) is 5.91 Å². The van der Waals surface area contributed by atoms with E-state index in [0.29, 0.717) is 32.4 Å². The quantitative estimate of drug-likeness (QED) is 0.204. The summed E-state index contributed by atoms with van der Waals surface area (Å²) in [6, 6.07) is 18.0. The number of aryl methyl sites for hydroxylation is 1. The predicted molar refractivity (Wildman–Crippen MR) is 162 cm³/mol.